The van der Waals surface area contributed by atoms with E-state index in [1.54, 1.807) is 32.4 Å². The quantitative estimate of drug-likeness (QED) is 0.0468. The summed E-state index contributed by atoms with van der Waals surface area (Å²) in [6.07, 6.45) is 25.6. The summed E-state index contributed by atoms with van der Waals surface area (Å²) in [5.41, 5.74) is 0. The molecular weight excluding hydrogens is 1310 g/mol. The smallest absolute Gasteiger partial charge is 0.219 e. The molecule has 88 heavy (non-hydrogen) atoms. The van der Waals surface area contributed by atoms with Gasteiger partial charge in [-0.05, 0) is 168 Å². The van der Waals surface area contributed by atoms with Gasteiger partial charge in [0.25, 0.3) is 0 Å². The molecule has 0 radical (unpaired) electrons. The monoisotopic (exact) mass is 1450 g/mol. The van der Waals surface area contributed by atoms with Gasteiger partial charge in [-0.15, -0.1) is 5.10 Å². The molecule has 2 rings (SSSR count). The summed E-state index contributed by atoms with van der Waals surface area (Å²) in [5.74, 6) is 4.87. The highest BCUT2D eigenvalue weighted by Gasteiger charge is 2.23. The lowest BCUT2D eigenvalue weighted by atomic mass is 10.0. The molecular formula is C70H146N6S12. The van der Waals surface area contributed by atoms with Gasteiger partial charge in [0.1, 0.15) is 0 Å². The molecule has 0 aliphatic carbocycles. The average Bonchev–Trinajstić information content (AvgIpc) is 4.30. The summed E-state index contributed by atoms with van der Waals surface area (Å²) >= 11 is 0. The highest BCUT2D eigenvalue weighted by atomic mass is 33.1. The second kappa shape index (κ2) is 57.4. The van der Waals surface area contributed by atoms with E-state index in [-0.39, 0.29) is 0 Å². The lowest BCUT2D eigenvalue weighted by Crippen LogP contribution is -2.14. The molecule has 528 valence electrons. The summed E-state index contributed by atoms with van der Waals surface area (Å²) < 4.78 is 5.93. The summed E-state index contributed by atoms with van der Waals surface area (Å²) in [4.78, 5) is 4.37. The molecule has 2 aromatic heterocycles. The van der Waals surface area contributed by atoms with E-state index in [1.807, 2.05) is 75.6 Å². The molecule has 0 atom stereocenters. The second-order valence-corrected chi connectivity index (χ2v) is 49.6. The van der Waals surface area contributed by atoms with Crippen LogP contribution in [-0.4, -0.2) is 80.2 Å². The molecule has 0 aliphatic rings. The van der Waals surface area contributed by atoms with E-state index in [0.29, 0.717) is 35.4 Å². The third-order valence-electron chi connectivity index (χ3n) is 12.3. The van der Waals surface area contributed by atoms with Crippen LogP contribution in [0.3, 0.4) is 0 Å². The number of tetrazole rings is 1. The summed E-state index contributed by atoms with van der Waals surface area (Å²) in [7, 11) is 23.4. The maximum Gasteiger partial charge on any atom is 0.219 e. The molecule has 0 N–H and O–H groups in total. The van der Waals surface area contributed by atoms with Crippen molar-refractivity contribution in [2.24, 2.45) is 35.5 Å². The number of hydrogen-bond acceptors (Lipinski definition) is 16. The molecule has 0 spiro atoms. The van der Waals surface area contributed by atoms with Gasteiger partial charge in [-0.25, -0.2) is 9.67 Å². The molecule has 0 aliphatic heterocycles. The van der Waals surface area contributed by atoms with Gasteiger partial charge in [0, 0.05) is 76.0 Å². The van der Waals surface area contributed by atoms with Crippen molar-refractivity contribution in [1.29, 1.82) is 0 Å². The second-order valence-electron chi connectivity index (χ2n) is 30.2. The van der Waals surface area contributed by atoms with Crippen LogP contribution in [0, 0.1) is 35.5 Å². The standard InChI is InChI=1S/C14H30S2.C13H28S2.C12H26S2.C11H20N2S2.C11H24S2.C9H18N4S2/c1-12(2)10-8-7-9-11-14(5,6)16-15-13(3)4;1-11(2)9-7-8-10-13(5,6)15-14-12(3)4;1-10(2)8-7-9-12(5,6)14-13-11(3)4;1-9(2)5-7-13-8-6-12-11(13)15-14-10(3)4;1-9(2)7-8-11(5,6)13-12-10(3)4;1-7(2)5-6-13-9(10-11-12-13)15-14-8(3)4/h12-13H,7-11H2,1-6H3;11-12H,7-10H2,1-6H3;10-11H,7-9H2,1-6H3;6,8-10H,5,7H2,1-4H3;9-10H,7-8H2,1-6H3;7-8H,5-6H2,1-4H3. The van der Waals surface area contributed by atoms with Gasteiger partial charge in [0.05, 0.1) is 0 Å². The number of rotatable bonds is 42. The number of nitrogens with zero attached hydrogens (tertiary/aromatic N) is 6. The molecule has 0 bridgehead atoms. The van der Waals surface area contributed by atoms with Gasteiger partial charge < -0.3 is 4.57 Å². The number of hydrogen-bond donors (Lipinski definition) is 0. The van der Waals surface area contributed by atoms with Gasteiger partial charge in [0.15, 0.2) is 5.16 Å². The van der Waals surface area contributed by atoms with Crippen molar-refractivity contribution in [2.45, 2.75) is 398 Å². The van der Waals surface area contributed by atoms with E-state index in [0.717, 1.165) is 80.4 Å². The number of imidazole rings is 1. The number of aryl methyl sites for hydroxylation is 2. The van der Waals surface area contributed by atoms with Crippen molar-refractivity contribution in [2.75, 3.05) is 0 Å². The minimum atomic E-state index is 0.444. The summed E-state index contributed by atoms with van der Waals surface area (Å²) in [6, 6.07) is 0. The average molecular weight is 1460 g/mol. The highest BCUT2D eigenvalue weighted by Crippen LogP contribution is 2.44. The van der Waals surface area contributed by atoms with Crippen molar-refractivity contribution >= 4 is 130 Å². The SMILES string of the molecule is CC(C)CCC(C)(C)SSC(C)C.CC(C)CCCC(C)(C)SSC(C)C.CC(C)CCCCC(C)(C)SSC(C)C.CC(C)CCCCCC(C)(C)SSC(C)C.CC(C)CCn1ccnc1SSC(C)C.CC(C)CCn1nnnc1SSC(C)C. The highest BCUT2D eigenvalue weighted by molar-refractivity contribution is 8.78. The third kappa shape index (κ3) is 72.7. The van der Waals surface area contributed by atoms with Crippen molar-refractivity contribution < 1.29 is 0 Å². The normalized spacial score (nSPS) is 12.4. The number of aromatic nitrogens is 6. The Morgan fingerprint density at radius 1 is 0.341 bits per heavy atom. The van der Waals surface area contributed by atoms with Crippen molar-refractivity contribution in [3.05, 3.63) is 12.4 Å². The van der Waals surface area contributed by atoms with E-state index >= 15 is 0 Å². The first-order valence-corrected chi connectivity index (χ1v) is 47.6. The Morgan fingerprint density at radius 2 is 0.659 bits per heavy atom. The van der Waals surface area contributed by atoms with Crippen LogP contribution in [0.2, 0.25) is 0 Å². The Morgan fingerprint density at radius 3 is 1.03 bits per heavy atom. The van der Waals surface area contributed by atoms with Crippen LogP contribution in [0.1, 0.15) is 324 Å². The summed E-state index contributed by atoms with van der Waals surface area (Å²) in [5, 5.41) is 17.9. The summed E-state index contributed by atoms with van der Waals surface area (Å²) in [6.45, 7) is 75.3. The van der Waals surface area contributed by atoms with Crippen LogP contribution in [-0.2, 0) is 13.1 Å². The van der Waals surface area contributed by atoms with Gasteiger partial charge in [-0.3, -0.25) is 0 Å². The molecule has 0 amide bonds. The van der Waals surface area contributed by atoms with Gasteiger partial charge in [0.2, 0.25) is 5.16 Å². The zero-order valence-electron chi connectivity index (χ0n) is 63.4. The maximum atomic E-state index is 4.37. The fourth-order valence-corrected chi connectivity index (χ4v) is 19.8. The van der Waals surface area contributed by atoms with Crippen molar-refractivity contribution in [3.8, 4) is 0 Å². The molecule has 0 aromatic carbocycles. The van der Waals surface area contributed by atoms with Crippen LogP contribution in [0.5, 0.6) is 0 Å². The van der Waals surface area contributed by atoms with Gasteiger partial charge in [-0.2, -0.15) is 0 Å². The number of unbranched alkanes of at least 4 members (excludes halogenated alkanes) is 3. The van der Waals surface area contributed by atoms with Gasteiger partial charge >= 0.3 is 0 Å². The fourth-order valence-electron chi connectivity index (χ4n) is 7.04. The lowest BCUT2D eigenvalue weighted by molar-refractivity contribution is 0.457. The van der Waals surface area contributed by atoms with Crippen LogP contribution in [0.15, 0.2) is 22.7 Å². The predicted octanol–water partition coefficient (Wildman–Crippen LogP) is 29.3. The van der Waals surface area contributed by atoms with E-state index in [9.17, 15) is 0 Å². The largest absolute Gasteiger partial charge is 0.325 e. The van der Waals surface area contributed by atoms with Crippen LogP contribution in [0.4, 0.5) is 0 Å². The Bertz CT molecular complexity index is 1680. The molecule has 0 unspecified atom stereocenters. The van der Waals surface area contributed by atoms with Crippen LogP contribution >= 0.6 is 130 Å². The Balaban J connectivity index is -0.000000482. The molecule has 0 saturated carbocycles. The topological polar surface area (TPSA) is 61.4 Å². The third-order valence-corrected chi connectivity index (χ3v) is 33.7. The van der Waals surface area contributed by atoms with Crippen molar-refractivity contribution in [1.82, 2.24) is 29.8 Å². The molecule has 2 aromatic rings. The lowest BCUT2D eigenvalue weighted by Gasteiger charge is -2.24. The van der Waals surface area contributed by atoms with Gasteiger partial charge in [-0.1, -0.05) is 332 Å². The maximum absolute atomic E-state index is 4.37. The first-order chi connectivity index (χ1) is 40.5. The fraction of sp³-hybridized carbons (Fsp3) is 0.943. The molecule has 0 saturated heterocycles. The molecule has 6 nitrogen and oxygen atoms in total. The minimum Gasteiger partial charge on any atom is -0.325 e. The zero-order chi connectivity index (χ0) is 68.7. The first kappa shape index (κ1) is 96.9. The zero-order valence-corrected chi connectivity index (χ0v) is 73.2. The van der Waals surface area contributed by atoms with Crippen molar-refractivity contribution in [3.63, 3.8) is 0 Å². The van der Waals surface area contributed by atoms with E-state index in [2.05, 4.69) is 285 Å². The van der Waals surface area contributed by atoms with E-state index in [4.69, 9.17) is 0 Å². The first-order valence-electron chi connectivity index (χ1n) is 34.3. The molecule has 0 fully saturated rings. The van der Waals surface area contributed by atoms with E-state index in [1.165, 1.54) is 96.3 Å². The minimum absolute atomic E-state index is 0.444. The molecule has 2 heterocycles. The Labute approximate surface area is 599 Å². The predicted molar refractivity (Wildman–Crippen MR) is 438 cm³/mol. The Hall–Kier alpha value is 2.48. The molecule has 18 heteroatoms. The van der Waals surface area contributed by atoms with Crippen LogP contribution in [0.25, 0.3) is 0 Å². The Kier molecular flexibility index (Phi) is 63.2. The van der Waals surface area contributed by atoms with Crippen LogP contribution < -0.4 is 0 Å². The van der Waals surface area contributed by atoms with E-state index < -0.39 is 0 Å².